The Hall–Kier alpha value is -3.17. The van der Waals surface area contributed by atoms with Crippen molar-refractivity contribution in [2.24, 2.45) is 5.10 Å². The number of benzene rings is 3. The zero-order chi connectivity index (χ0) is 23.0. The zero-order valence-corrected chi connectivity index (χ0v) is 19.7. The number of halogens is 1. The molecule has 0 fully saturated rings. The quantitative estimate of drug-likeness (QED) is 0.345. The number of hydrazone groups is 1. The van der Waals surface area contributed by atoms with Crippen LogP contribution < -0.4 is 14.5 Å². The molecule has 0 spiro atoms. The molecule has 0 aliphatic heterocycles. The standard InChI is InChI=1S/C23H22BrN3O4S/c1-32(29,30)27(21-13-7-6-12-20(21)24)16-23(28)26-25-15-19-11-5-8-14-22(19)31-17-18-9-3-2-4-10-18/h2-15H,16-17H2,1H3,(H,26,28)/b25-15-. The highest BCUT2D eigenvalue weighted by molar-refractivity contribution is 9.10. The van der Waals surface area contributed by atoms with E-state index in [1.54, 1.807) is 30.3 Å². The van der Waals surface area contributed by atoms with Gasteiger partial charge in [0.05, 0.1) is 18.2 Å². The van der Waals surface area contributed by atoms with E-state index in [1.807, 2.05) is 48.5 Å². The summed E-state index contributed by atoms with van der Waals surface area (Å²) in [6.07, 6.45) is 2.50. The molecule has 0 saturated heterocycles. The Bertz CT molecular complexity index is 1200. The van der Waals surface area contributed by atoms with Gasteiger partial charge in [0.2, 0.25) is 10.0 Å². The third kappa shape index (κ3) is 6.66. The van der Waals surface area contributed by atoms with Crippen LogP contribution in [0.5, 0.6) is 5.75 Å². The molecule has 0 heterocycles. The lowest BCUT2D eigenvalue weighted by Gasteiger charge is -2.22. The fourth-order valence-corrected chi connectivity index (χ4v) is 4.31. The van der Waals surface area contributed by atoms with Crippen LogP contribution in [0.15, 0.2) is 88.4 Å². The van der Waals surface area contributed by atoms with Crippen molar-refractivity contribution in [3.63, 3.8) is 0 Å². The van der Waals surface area contributed by atoms with Crippen LogP contribution in [0.1, 0.15) is 11.1 Å². The lowest BCUT2D eigenvalue weighted by molar-refractivity contribution is -0.119. The molecule has 7 nitrogen and oxygen atoms in total. The number of hydrogen-bond acceptors (Lipinski definition) is 5. The van der Waals surface area contributed by atoms with Crippen LogP contribution in [-0.2, 0) is 21.4 Å². The summed E-state index contributed by atoms with van der Waals surface area (Å²) < 4.78 is 31.9. The number of hydrogen-bond donors (Lipinski definition) is 1. The van der Waals surface area contributed by atoms with E-state index in [0.29, 0.717) is 28.1 Å². The molecule has 0 aromatic heterocycles. The Morgan fingerprint density at radius 3 is 2.41 bits per heavy atom. The molecule has 32 heavy (non-hydrogen) atoms. The van der Waals surface area contributed by atoms with Gasteiger partial charge in [-0.05, 0) is 45.8 Å². The Labute approximate surface area is 195 Å². The number of para-hydroxylation sites is 2. The molecule has 1 amide bonds. The smallest absolute Gasteiger partial charge is 0.260 e. The van der Waals surface area contributed by atoms with E-state index < -0.39 is 22.5 Å². The predicted octanol–water partition coefficient (Wildman–Crippen LogP) is 3.94. The number of ether oxygens (including phenoxy) is 1. The number of amides is 1. The van der Waals surface area contributed by atoms with Crippen LogP contribution in [0.2, 0.25) is 0 Å². The maximum Gasteiger partial charge on any atom is 0.260 e. The van der Waals surface area contributed by atoms with Gasteiger partial charge in [-0.1, -0.05) is 54.6 Å². The molecular formula is C23H22BrN3O4S. The van der Waals surface area contributed by atoms with Crippen LogP contribution in [0.4, 0.5) is 5.69 Å². The van der Waals surface area contributed by atoms with Crippen LogP contribution >= 0.6 is 15.9 Å². The van der Waals surface area contributed by atoms with Gasteiger partial charge in [0.15, 0.2) is 0 Å². The van der Waals surface area contributed by atoms with Gasteiger partial charge in [0.1, 0.15) is 18.9 Å². The average molecular weight is 516 g/mol. The molecule has 1 N–H and O–H groups in total. The molecule has 3 aromatic carbocycles. The second-order valence-corrected chi connectivity index (χ2v) is 9.59. The average Bonchev–Trinajstić information content (AvgIpc) is 2.77. The third-order valence-electron chi connectivity index (χ3n) is 4.36. The molecule has 0 saturated carbocycles. The fraction of sp³-hybridized carbons (Fsp3) is 0.130. The highest BCUT2D eigenvalue weighted by atomic mass is 79.9. The number of carbonyl (C=O) groups is 1. The van der Waals surface area contributed by atoms with E-state index in [0.717, 1.165) is 16.1 Å². The number of anilines is 1. The van der Waals surface area contributed by atoms with Crippen molar-refractivity contribution in [3.8, 4) is 5.75 Å². The SMILES string of the molecule is CS(=O)(=O)N(CC(=O)N/N=C\c1ccccc1OCc1ccccc1)c1ccccc1Br. The molecule has 9 heteroatoms. The van der Waals surface area contributed by atoms with Crippen LogP contribution in [0.3, 0.4) is 0 Å². The normalized spacial score (nSPS) is 11.3. The van der Waals surface area contributed by atoms with E-state index in [1.165, 1.54) is 6.21 Å². The molecule has 0 unspecified atom stereocenters. The number of nitrogens with one attached hydrogen (secondary N) is 1. The van der Waals surface area contributed by atoms with Gasteiger partial charge in [-0.15, -0.1) is 0 Å². The Morgan fingerprint density at radius 1 is 1.03 bits per heavy atom. The minimum absolute atomic E-state index is 0.369. The van der Waals surface area contributed by atoms with Gasteiger partial charge in [0.25, 0.3) is 5.91 Å². The first-order chi connectivity index (χ1) is 15.3. The monoisotopic (exact) mass is 515 g/mol. The summed E-state index contributed by atoms with van der Waals surface area (Å²) >= 11 is 3.32. The summed E-state index contributed by atoms with van der Waals surface area (Å²) in [6.45, 7) is -0.0156. The Kier molecular flexibility index (Phi) is 8.02. The maximum absolute atomic E-state index is 12.4. The number of rotatable bonds is 9. The highest BCUT2D eigenvalue weighted by Gasteiger charge is 2.22. The zero-order valence-electron chi connectivity index (χ0n) is 17.3. The van der Waals surface area contributed by atoms with Gasteiger partial charge in [-0.2, -0.15) is 5.10 Å². The van der Waals surface area contributed by atoms with Gasteiger partial charge in [-0.3, -0.25) is 9.10 Å². The summed E-state index contributed by atoms with van der Waals surface area (Å²) in [5.74, 6) is 0.0328. The van der Waals surface area contributed by atoms with Crippen molar-refractivity contribution in [1.29, 1.82) is 0 Å². The van der Waals surface area contributed by atoms with Crippen molar-refractivity contribution in [2.75, 3.05) is 17.1 Å². The minimum Gasteiger partial charge on any atom is -0.488 e. The fourth-order valence-electron chi connectivity index (χ4n) is 2.83. The van der Waals surface area contributed by atoms with Crippen LogP contribution in [-0.4, -0.2) is 33.3 Å². The van der Waals surface area contributed by atoms with Crippen molar-refractivity contribution < 1.29 is 17.9 Å². The molecule has 166 valence electrons. The lowest BCUT2D eigenvalue weighted by atomic mass is 10.2. The van der Waals surface area contributed by atoms with E-state index in [9.17, 15) is 13.2 Å². The first-order valence-corrected chi connectivity index (χ1v) is 12.3. The number of carbonyl (C=O) groups excluding carboxylic acids is 1. The Balaban J connectivity index is 1.65. The second kappa shape index (κ2) is 10.9. The van der Waals surface area contributed by atoms with E-state index in [-0.39, 0.29) is 0 Å². The Morgan fingerprint density at radius 2 is 1.69 bits per heavy atom. The van der Waals surface area contributed by atoms with E-state index >= 15 is 0 Å². The van der Waals surface area contributed by atoms with Crippen molar-refractivity contribution in [2.45, 2.75) is 6.61 Å². The van der Waals surface area contributed by atoms with Crippen molar-refractivity contribution in [1.82, 2.24) is 5.43 Å². The summed E-state index contributed by atoms with van der Waals surface area (Å²) in [5, 5.41) is 3.97. The molecule has 0 aliphatic rings. The molecule has 0 aliphatic carbocycles. The third-order valence-corrected chi connectivity index (χ3v) is 6.15. The lowest BCUT2D eigenvalue weighted by Crippen LogP contribution is -2.39. The largest absolute Gasteiger partial charge is 0.488 e. The van der Waals surface area contributed by atoms with Crippen LogP contribution in [0, 0.1) is 0 Å². The van der Waals surface area contributed by atoms with Gasteiger partial charge in [0, 0.05) is 10.0 Å². The summed E-state index contributed by atoms with van der Waals surface area (Å²) in [4.78, 5) is 12.4. The van der Waals surface area contributed by atoms with Crippen molar-refractivity contribution >= 4 is 43.8 Å². The van der Waals surface area contributed by atoms with Gasteiger partial charge >= 0.3 is 0 Å². The molecule has 3 rings (SSSR count). The second-order valence-electron chi connectivity index (χ2n) is 6.83. The van der Waals surface area contributed by atoms with Crippen molar-refractivity contribution in [3.05, 3.63) is 94.5 Å². The summed E-state index contributed by atoms with van der Waals surface area (Å²) in [6, 6.07) is 23.8. The number of sulfonamides is 1. The maximum atomic E-state index is 12.4. The molecule has 0 radical (unpaired) electrons. The number of nitrogens with zero attached hydrogens (tertiary/aromatic N) is 2. The molecule has 3 aromatic rings. The summed E-state index contributed by atoms with van der Waals surface area (Å²) in [5.41, 5.74) is 4.45. The van der Waals surface area contributed by atoms with Crippen LogP contribution in [0.25, 0.3) is 0 Å². The molecular weight excluding hydrogens is 494 g/mol. The molecule has 0 atom stereocenters. The highest BCUT2D eigenvalue weighted by Crippen LogP contribution is 2.27. The van der Waals surface area contributed by atoms with E-state index in [2.05, 4.69) is 26.5 Å². The van der Waals surface area contributed by atoms with Gasteiger partial charge < -0.3 is 4.74 Å². The first kappa shape index (κ1) is 23.5. The van der Waals surface area contributed by atoms with E-state index in [4.69, 9.17) is 4.74 Å². The minimum atomic E-state index is -3.68. The van der Waals surface area contributed by atoms with Gasteiger partial charge in [-0.25, -0.2) is 13.8 Å². The first-order valence-electron chi connectivity index (χ1n) is 9.64. The topological polar surface area (TPSA) is 88.1 Å². The molecule has 0 bridgehead atoms. The summed E-state index contributed by atoms with van der Waals surface area (Å²) in [7, 11) is -3.68. The predicted molar refractivity (Wildman–Crippen MR) is 129 cm³/mol.